The van der Waals surface area contributed by atoms with Crippen LogP contribution < -0.4 is 9.80 Å². The molecular weight excluding hydrogens is 300 g/mol. The Bertz CT molecular complexity index is 759. The number of para-hydroxylation sites is 2. The first-order valence-corrected chi connectivity index (χ1v) is 8.45. The van der Waals surface area contributed by atoms with Gasteiger partial charge in [-0.25, -0.2) is 9.97 Å². The molecule has 1 aromatic carbocycles. The summed E-state index contributed by atoms with van der Waals surface area (Å²) < 4.78 is 0. The number of nitrogens with zero attached hydrogens (tertiary/aromatic N) is 4. The molecule has 2 aromatic rings. The van der Waals surface area contributed by atoms with Gasteiger partial charge in [0.15, 0.2) is 0 Å². The molecule has 5 nitrogen and oxygen atoms in total. The Kier molecular flexibility index (Phi) is 4.51. The Morgan fingerprint density at radius 3 is 2.67 bits per heavy atom. The van der Waals surface area contributed by atoms with Crippen LogP contribution in [0.25, 0.3) is 0 Å². The predicted octanol–water partition coefficient (Wildman–Crippen LogP) is 3.08. The summed E-state index contributed by atoms with van der Waals surface area (Å²) in [5.41, 5.74) is 3.46. The maximum Gasteiger partial charge on any atom is 0.261 e. The lowest BCUT2D eigenvalue weighted by molar-refractivity contribution is 0.0982. The van der Waals surface area contributed by atoms with Crippen LogP contribution in [0.1, 0.15) is 35.7 Å². The first-order valence-electron chi connectivity index (χ1n) is 8.45. The van der Waals surface area contributed by atoms with E-state index in [4.69, 9.17) is 0 Å². The zero-order valence-electron chi connectivity index (χ0n) is 14.8. The molecule has 1 aliphatic heterocycles. The minimum atomic E-state index is -0.0125. The van der Waals surface area contributed by atoms with Gasteiger partial charge in [0.25, 0.3) is 5.91 Å². The monoisotopic (exact) mass is 324 g/mol. The molecule has 0 unspecified atom stereocenters. The predicted molar refractivity (Wildman–Crippen MR) is 96.7 cm³/mol. The van der Waals surface area contributed by atoms with Crippen LogP contribution in [0.15, 0.2) is 30.5 Å². The number of anilines is 2. The van der Waals surface area contributed by atoms with Crippen LogP contribution >= 0.6 is 0 Å². The Labute approximate surface area is 143 Å². The third-order valence-corrected chi connectivity index (χ3v) is 4.46. The number of fused-ring (bicyclic) bond motifs is 1. The number of carbonyl (C=O) groups excluding carboxylic acids is 1. The van der Waals surface area contributed by atoms with Gasteiger partial charge in [0.1, 0.15) is 5.82 Å². The molecule has 1 aromatic heterocycles. The van der Waals surface area contributed by atoms with E-state index in [0.29, 0.717) is 23.9 Å². The summed E-state index contributed by atoms with van der Waals surface area (Å²) in [7, 11) is 2.08. The lowest BCUT2D eigenvalue weighted by Crippen LogP contribution is -2.35. The third-order valence-electron chi connectivity index (χ3n) is 4.46. The molecule has 1 amide bonds. The highest BCUT2D eigenvalue weighted by molar-refractivity contribution is 6.08. The fourth-order valence-electron chi connectivity index (χ4n) is 3.35. The molecule has 0 aliphatic carbocycles. The molecule has 0 saturated heterocycles. The highest BCUT2D eigenvalue weighted by Gasteiger charge is 2.28. The van der Waals surface area contributed by atoms with E-state index in [1.54, 1.807) is 6.20 Å². The zero-order valence-corrected chi connectivity index (χ0v) is 14.8. The molecule has 0 fully saturated rings. The minimum Gasteiger partial charge on any atom is -0.373 e. The number of hydrogen-bond donors (Lipinski definition) is 0. The van der Waals surface area contributed by atoms with Gasteiger partial charge in [0.2, 0.25) is 0 Å². The summed E-state index contributed by atoms with van der Waals surface area (Å²) in [6.45, 7) is 7.66. The van der Waals surface area contributed by atoms with Crippen molar-refractivity contribution < 1.29 is 4.79 Å². The molecule has 0 N–H and O–H groups in total. The van der Waals surface area contributed by atoms with Gasteiger partial charge in [0.05, 0.1) is 22.6 Å². The van der Waals surface area contributed by atoms with Crippen LogP contribution in [-0.2, 0) is 6.42 Å². The molecule has 0 saturated carbocycles. The fourth-order valence-corrected chi connectivity index (χ4v) is 3.35. The number of amides is 1. The number of hydrogen-bond acceptors (Lipinski definition) is 4. The van der Waals surface area contributed by atoms with Crippen molar-refractivity contribution in [1.82, 2.24) is 9.97 Å². The van der Waals surface area contributed by atoms with Gasteiger partial charge in [-0.1, -0.05) is 26.0 Å². The van der Waals surface area contributed by atoms with Crippen molar-refractivity contribution in [1.29, 1.82) is 0 Å². The summed E-state index contributed by atoms with van der Waals surface area (Å²) in [5, 5.41) is 0. The SMILES string of the molecule is CCc1nc(C)ncc1C(=O)N1C[C@H](C)CN(C)c2ccccc21. The van der Waals surface area contributed by atoms with Gasteiger partial charge in [-0.15, -0.1) is 0 Å². The van der Waals surface area contributed by atoms with E-state index in [-0.39, 0.29) is 5.91 Å². The molecule has 0 bridgehead atoms. The number of aryl methyl sites for hydroxylation is 2. The van der Waals surface area contributed by atoms with E-state index in [9.17, 15) is 4.79 Å². The van der Waals surface area contributed by atoms with E-state index in [2.05, 4.69) is 34.9 Å². The largest absolute Gasteiger partial charge is 0.373 e. The Hall–Kier alpha value is -2.43. The van der Waals surface area contributed by atoms with Crippen LogP contribution in [0.4, 0.5) is 11.4 Å². The molecule has 24 heavy (non-hydrogen) atoms. The van der Waals surface area contributed by atoms with Crippen molar-refractivity contribution in [3.8, 4) is 0 Å². The molecule has 1 atom stereocenters. The van der Waals surface area contributed by atoms with Gasteiger partial charge in [0, 0.05) is 26.3 Å². The van der Waals surface area contributed by atoms with Crippen LogP contribution in [0.2, 0.25) is 0 Å². The van der Waals surface area contributed by atoms with Crippen molar-refractivity contribution >= 4 is 17.3 Å². The minimum absolute atomic E-state index is 0.0125. The van der Waals surface area contributed by atoms with Gasteiger partial charge < -0.3 is 9.80 Å². The molecule has 3 rings (SSSR count). The topological polar surface area (TPSA) is 49.3 Å². The Morgan fingerprint density at radius 2 is 1.96 bits per heavy atom. The number of carbonyl (C=O) groups is 1. The van der Waals surface area contributed by atoms with Crippen molar-refractivity contribution in [2.45, 2.75) is 27.2 Å². The highest BCUT2D eigenvalue weighted by atomic mass is 16.2. The van der Waals surface area contributed by atoms with Crippen molar-refractivity contribution in [3.05, 3.63) is 47.5 Å². The Balaban J connectivity index is 2.07. The maximum atomic E-state index is 13.3. The van der Waals surface area contributed by atoms with Crippen LogP contribution in [-0.4, -0.2) is 36.0 Å². The van der Waals surface area contributed by atoms with E-state index >= 15 is 0 Å². The molecule has 2 heterocycles. The summed E-state index contributed by atoms with van der Waals surface area (Å²) in [4.78, 5) is 26.1. The van der Waals surface area contributed by atoms with Gasteiger partial charge in [-0.05, 0) is 31.4 Å². The Morgan fingerprint density at radius 1 is 1.25 bits per heavy atom. The second-order valence-corrected chi connectivity index (χ2v) is 6.52. The van der Waals surface area contributed by atoms with Crippen LogP contribution in [0, 0.1) is 12.8 Å². The lowest BCUT2D eigenvalue weighted by atomic mass is 10.1. The molecule has 0 spiro atoms. The summed E-state index contributed by atoms with van der Waals surface area (Å²) in [6.07, 6.45) is 2.39. The molecule has 1 aliphatic rings. The second-order valence-electron chi connectivity index (χ2n) is 6.52. The molecule has 5 heteroatoms. The highest BCUT2D eigenvalue weighted by Crippen LogP contribution is 2.33. The second kappa shape index (κ2) is 6.59. The van der Waals surface area contributed by atoms with E-state index in [1.165, 1.54) is 0 Å². The average molecular weight is 324 g/mol. The molecular formula is C19H24N4O. The van der Waals surface area contributed by atoms with Gasteiger partial charge in [-0.3, -0.25) is 4.79 Å². The van der Waals surface area contributed by atoms with Crippen molar-refractivity contribution in [3.63, 3.8) is 0 Å². The maximum absolute atomic E-state index is 13.3. The average Bonchev–Trinajstić information content (AvgIpc) is 2.71. The standard InChI is InChI=1S/C19H24N4O/c1-5-16-15(10-20-14(3)21-16)19(24)23-12-13(2)11-22(4)17-8-6-7-9-18(17)23/h6-10,13H,5,11-12H2,1-4H3/t13-/m1/s1. The van der Waals surface area contributed by atoms with Crippen LogP contribution in [0.5, 0.6) is 0 Å². The normalized spacial score (nSPS) is 17.4. The first kappa shape index (κ1) is 16.4. The van der Waals surface area contributed by atoms with Gasteiger partial charge in [-0.2, -0.15) is 0 Å². The van der Waals surface area contributed by atoms with Crippen LogP contribution in [0.3, 0.4) is 0 Å². The van der Waals surface area contributed by atoms with E-state index in [1.807, 2.05) is 36.9 Å². The number of benzene rings is 1. The quantitative estimate of drug-likeness (QED) is 0.852. The first-order chi connectivity index (χ1) is 11.5. The van der Waals surface area contributed by atoms with Crippen molar-refractivity contribution in [2.75, 3.05) is 29.9 Å². The molecule has 126 valence electrons. The smallest absolute Gasteiger partial charge is 0.261 e. The fraction of sp³-hybridized carbons (Fsp3) is 0.421. The zero-order chi connectivity index (χ0) is 17.3. The van der Waals surface area contributed by atoms with E-state index in [0.717, 1.165) is 30.0 Å². The van der Waals surface area contributed by atoms with Crippen molar-refractivity contribution in [2.24, 2.45) is 5.92 Å². The van der Waals surface area contributed by atoms with E-state index < -0.39 is 0 Å². The molecule has 0 radical (unpaired) electrons. The number of rotatable bonds is 2. The third kappa shape index (κ3) is 2.98. The number of aromatic nitrogens is 2. The summed E-state index contributed by atoms with van der Waals surface area (Å²) >= 11 is 0. The lowest BCUT2D eigenvalue weighted by Gasteiger charge is -2.25. The summed E-state index contributed by atoms with van der Waals surface area (Å²) in [5.74, 6) is 1.07. The van der Waals surface area contributed by atoms with Gasteiger partial charge >= 0.3 is 0 Å². The summed E-state index contributed by atoms with van der Waals surface area (Å²) in [6, 6.07) is 8.08.